The van der Waals surface area contributed by atoms with Crippen LogP contribution in [0.2, 0.25) is 0 Å². The Morgan fingerprint density at radius 1 is 1.12 bits per heavy atom. The summed E-state index contributed by atoms with van der Waals surface area (Å²) in [4.78, 5) is 29.6. The molecule has 6 rings (SSSR count). The van der Waals surface area contributed by atoms with E-state index in [9.17, 15) is 9.59 Å². The standard InChI is InChI=1S/C35H44N2O5/c1-23(38)42-27-10-12-34(2)26(21-27)7-8-28-29(34)11-13-35(3)30(28)20-25(33(35)39)18-24-6-9-31(32(19-24)40-4)41-17-5-15-37-16-14-36-22-37/h6-7,9,14,16,18-19,22,27-30H,5,8,10-13,15,17,20-21H2,1-4H3/b25-18+/t27-,28+,29-,30-,34-,35-/m0/s1. The lowest BCUT2D eigenvalue weighted by Crippen LogP contribution is -2.50. The molecule has 7 nitrogen and oxygen atoms in total. The zero-order chi connectivity index (χ0) is 29.5. The highest BCUT2D eigenvalue weighted by Gasteiger charge is 2.60. The number of carbonyl (C=O) groups excluding carboxylic acids is 2. The van der Waals surface area contributed by atoms with E-state index in [-0.39, 0.29) is 22.9 Å². The Hall–Kier alpha value is -3.35. The lowest BCUT2D eigenvalue weighted by Gasteiger charge is -2.56. The van der Waals surface area contributed by atoms with E-state index in [2.05, 4.69) is 31.0 Å². The van der Waals surface area contributed by atoms with Gasteiger partial charge in [-0.15, -0.1) is 0 Å². The summed E-state index contributed by atoms with van der Waals surface area (Å²) in [5.41, 5.74) is 3.23. The summed E-state index contributed by atoms with van der Waals surface area (Å²) in [5.74, 6) is 2.98. The van der Waals surface area contributed by atoms with Crippen LogP contribution in [0.5, 0.6) is 11.5 Å². The molecule has 0 amide bonds. The number of nitrogens with zero attached hydrogens (tertiary/aromatic N) is 2. The second kappa shape index (κ2) is 11.4. The summed E-state index contributed by atoms with van der Waals surface area (Å²) in [6.07, 6.45) is 17.7. The molecule has 0 unspecified atom stereocenters. The average Bonchev–Trinajstić information content (AvgIpc) is 3.58. The molecule has 42 heavy (non-hydrogen) atoms. The van der Waals surface area contributed by atoms with Crippen LogP contribution in [-0.2, 0) is 20.9 Å². The van der Waals surface area contributed by atoms with Crippen molar-refractivity contribution in [2.24, 2.45) is 28.6 Å². The number of esters is 1. The predicted molar refractivity (Wildman–Crippen MR) is 161 cm³/mol. The summed E-state index contributed by atoms with van der Waals surface area (Å²) in [5, 5.41) is 0. The maximum atomic E-state index is 13.9. The van der Waals surface area contributed by atoms with Crippen LogP contribution in [0.3, 0.4) is 0 Å². The van der Waals surface area contributed by atoms with Gasteiger partial charge in [0.1, 0.15) is 6.10 Å². The first-order valence-electron chi connectivity index (χ1n) is 15.6. The van der Waals surface area contributed by atoms with Crippen molar-refractivity contribution in [1.29, 1.82) is 0 Å². The Bertz CT molecular complexity index is 1390. The third kappa shape index (κ3) is 5.20. The van der Waals surface area contributed by atoms with Gasteiger partial charge in [-0.2, -0.15) is 0 Å². The van der Waals surface area contributed by atoms with Crippen LogP contribution in [0.25, 0.3) is 6.08 Å². The van der Waals surface area contributed by atoms with E-state index in [1.54, 1.807) is 13.3 Å². The number of ketones is 1. The zero-order valence-corrected chi connectivity index (χ0v) is 25.4. The normalized spacial score (nSPS) is 32.9. The minimum Gasteiger partial charge on any atom is -0.493 e. The van der Waals surface area contributed by atoms with E-state index < -0.39 is 0 Å². The molecular weight excluding hydrogens is 528 g/mol. The Labute approximate surface area is 249 Å². The molecule has 3 saturated carbocycles. The van der Waals surface area contributed by atoms with Crippen LogP contribution in [0.1, 0.15) is 77.7 Å². The molecule has 7 heteroatoms. The Kier molecular flexibility index (Phi) is 7.79. The fourth-order valence-corrected chi connectivity index (χ4v) is 8.70. The van der Waals surface area contributed by atoms with Crippen molar-refractivity contribution < 1.29 is 23.8 Å². The summed E-state index contributed by atoms with van der Waals surface area (Å²) >= 11 is 0. The summed E-state index contributed by atoms with van der Waals surface area (Å²) < 4.78 is 19.3. The number of Topliss-reactive ketones (excluding diaryl/α,β-unsaturated/α-hetero) is 1. The molecule has 1 aromatic heterocycles. The Balaban J connectivity index is 1.16. The summed E-state index contributed by atoms with van der Waals surface area (Å²) in [7, 11) is 1.66. The molecule has 4 aliphatic carbocycles. The SMILES string of the molecule is COc1cc(/C=C2\C[C@H]3[C@@H]4CC=C5C[C@@H](OC(C)=O)CC[C@]5(C)[C@H]4CC[C@]3(C)C2=O)ccc1OCCCn1ccnc1. The van der Waals surface area contributed by atoms with Crippen molar-refractivity contribution in [3.05, 3.63) is 59.7 Å². The van der Waals surface area contributed by atoms with Crippen molar-refractivity contribution in [3.63, 3.8) is 0 Å². The number of carbonyl (C=O) groups is 2. The molecule has 6 atom stereocenters. The van der Waals surface area contributed by atoms with Gasteiger partial charge in [-0.05, 0) is 97.5 Å². The molecule has 1 aromatic carbocycles. The molecule has 0 saturated heterocycles. The van der Waals surface area contributed by atoms with E-state index in [0.29, 0.717) is 41.6 Å². The molecule has 0 radical (unpaired) electrons. The van der Waals surface area contributed by atoms with Crippen molar-refractivity contribution in [2.45, 2.75) is 84.8 Å². The highest BCUT2D eigenvalue weighted by Crippen LogP contribution is 2.65. The first-order chi connectivity index (χ1) is 20.2. The second-order valence-corrected chi connectivity index (χ2v) is 13.3. The largest absolute Gasteiger partial charge is 0.493 e. The fourth-order valence-electron chi connectivity index (χ4n) is 8.70. The van der Waals surface area contributed by atoms with Gasteiger partial charge < -0.3 is 18.8 Å². The number of hydrogen-bond donors (Lipinski definition) is 0. The molecule has 0 bridgehead atoms. The first-order valence-corrected chi connectivity index (χ1v) is 15.6. The molecule has 1 heterocycles. The maximum absolute atomic E-state index is 13.9. The molecule has 0 spiro atoms. The lowest BCUT2D eigenvalue weighted by atomic mass is 9.48. The number of hydrogen-bond acceptors (Lipinski definition) is 6. The first kappa shape index (κ1) is 28.8. The molecule has 0 N–H and O–H groups in total. The second-order valence-electron chi connectivity index (χ2n) is 13.3. The van der Waals surface area contributed by atoms with Gasteiger partial charge in [-0.25, -0.2) is 4.98 Å². The van der Waals surface area contributed by atoms with Gasteiger partial charge in [0.15, 0.2) is 17.3 Å². The quantitative estimate of drug-likeness (QED) is 0.150. The van der Waals surface area contributed by atoms with E-state index in [0.717, 1.165) is 69.0 Å². The number of ether oxygens (including phenoxy) is 3. The van der Waals surface area contributed by atoms with Crippen LogP contribution in [0.4, 0.5) is 0 Å². The van der Waals surface area contributed by atoms with E-state index >= 15 is 0 Å². The minimum absolute atomic E-state index is 0.00550. The lowest BCUT2D eigenvalue weighted by molar-refractivity contribution is -0.148. The topological polar surface area (TPSA) is 79.6 Å². The maximum Gasteiger partial charge on any atom is 0.302 e. The zero-order valence-electron chi connectivity index (χ0n) is 25.4. The van der Waals surface area contributed by atoms with Gasteiger partial charge >= 0.3 is 5.97 Å². The van der Waals surface area contributed by atoms with Crippen molar-refractivity contribution in [1.82, 2.24) is 9.55 Å². The van der Waals surface area contributed by atoms with E-state index in [1.807, 2.05) is 35.3 Å². The van der Waals surface area contributed by atoms with Crippen LogP contribution in [0.15, 0.2) is 54.1 Å². The minimum atomic E-state index is -0.300. The molecule has 0 aliphatic heterocycles. The number of allylic oxidation sites excluding steroid dienone is 2. The van der Waals surface area contributed by atoms with Crippen molar-refractivity contribution in [3.8, 4) is 11.5 Å². The Morgan fingerprint density at radius 3 is 2.71 bits per heavy atom. The van der Waals surface area contributed by atoms with Gasteiger partial charge in [0, 0.05) is 37.7 Å². The monoisotopic (exact) mass is 572 g/mol. The predicted octanol–water partition coefficient (Wildman–Crippen LogP) is 6.82. The van der Waals surface area contributed by atoms with Crippen LogP contribution >= 0.6 is 0 Å². The molecule has 3 fully saturated rings. The van der Waals surface area contributed by atoms with Gasteiger partial charge in [-0.3, -0.25) is 9.59 Å². The number of methoxy groups -OCH3 is 1. The highest BCUT2D eigenvalue weighted by atomic mass is 16.5. The van der Waals surface area contributed by atoms with Gasteiger partial charge in [0.2, 0.25) is 0 Å². The van der Waals surface area contributed by atoms with Crippen LogP contribution < -0.4 is 9.47 Å². The fraction of sp³-hybridized carbons (Fsp3) is 0.571. The van der Waals surface area contributed by atoms with Crippen LogP contribution in [0, 0.1) is 28.6 Å². The van der Waals surface area contributed by atoms with E-state index in [1.165, 1.54) is 12.5 Å². The van der Waals surface area contributed by atoms with E-state index in [4.69, 9.17) is 14.2 Å². The number of fused-ring (bicyclic) bond motifs is 5. The number of imidazole rings is 1. The van der Waals surface area contributed by atoms with Gasteiger partial charge in [-0.1, -0.05) is 31.6 Å². The molecule has 224 valence electrons. The number of benzene rings is 1. The average molecular weight is 573 g/mol. The third-order valence-electron chi connectivity index (χ3n) is 10.9. The third-order valence-corrected chi connectivity index (χ3v) is 10.9. The highest BCUT2D eigenvalue weighted by molar-refractivity contribution is 6.06. The number of aryl methyl sites for hydroxylation is 1. The number of aromatic nitrogens is 2. The molecular formula is C35H44N2O5. The smallest absolute Gasteiger partial charge is 0.302 e. The van der Waals surface area contributed by atoms with Crippen molar-refractivity contribution in [2.75, 3.05) is 13.7 Å². The van der Waals surface area contributed by atoms with Crippen molar-refractivity contribution >= 4 is 17.8 Å². The Morgan fingerprint density at radius 2 is 1.95 bits per heavy atom. The van der Waals surface area contributed by atoms with Crippen LogP contribution in [-0.4, -0.2) is 41.1 Å². The number of rotatable bonds is 8. The van der Waals surface area contributed by atoms with Gasteiger partial charge in [0.25, 0.3) is 0 Å². The molecule has 2 aromatic rings. The van der Waals surface area contributed by atoms with Gasteiger partial charge in [0.05, 0.1) is 20.0 Å². The molecule has 4 aliphatic rings. The summed E-state index contributed by atoms with van der Waals surface area (Å²) in [6, 6.07) is 5.96. The summed E-state index contributed by atoms with van der Waals surface area (Å²) in [6.45, 7) is 7.59.